The third kappa shape index (κ3) is 9.23. The van der Waals surface area contributed by atoms with E-state index in [4.69, 9.17) is 0 Å². The highest BCUT2D eigenvalue weighted by molar-refractivity contribution is 5.93. The lowest BCUT2D eigenvalue weighted by Crippen LogP contribution is -2.27. The number of hydrogen-bond donors (Lipinski definition) is 1. The van der Waals surface area contributed by atoms with E-state index in [2.05, 4.69) is 12.2 Å². The van der Waals surface area contributed by atoms with Crippen LogP contribution in [0.4, 0.5) is 0 Å². The molecule has 1 N–H and O–H groups in total. The second-order valence-corrected chi connectivity index (χ2v) is 3.62. The van der Waals surface area contributed by atoms with Crippen LogP contribution in [0.25, 0.3) is 0 Å². The van der Waals surface area contributed by atoms with Crippen LogP contribution in [0.1, 0.15) is 58.8 Å². The fourth-order valence-corrected chi connectivity index (χ4v) is 1.32. The highest BCUT2D eigenvalue weighted by Crippen LogP contribution is 2.06. The minimum absolute atomic E-state index is 0.145. The Morgan fingerprint density at radius 2 is 1.57 bits per heavy atom. The molecule has 0 saturated heterocycles. The Bertz CT molecular complexity index is 178. The summed E-state index contributed by atoms with van der Waals surface area (Å²) in [5, 5.41) is 2.27. The van der Waals surface area contributed by atoms with E-state index in [0.717, 1.165) is 12.8 Å². The molecule has 0 rings (SSSR count). The highest BCUT2D eigenvalue weighted by atomic mass is 16.2. The molecule has 0 aromatic carbocycles. The van der Waals surface area contributed by atoms with E-state index in [1.807, 2.05) is 0 Å². The van der Waals surface area contributed by atoms with Gasteiger partial charge in [-0.05, 0) is 6.42 Å². The molecule has 3 heteroatoms. The summed E-state index contributed by atoms with van der Waals surface area (Å²) in [5.74, 6) is -0.408. The summed E-state index contributed by atoms with van der Waals surface area (Å²) in [4.78, 5) is 21.5. The molecule has 0 aromatic heterocycles. The maximum Gasteiger partial charge on any atom is 0.226 e. The van der Waals surface area contributed by atoms with Crippen molar-refractivity contribution in [2.24, 2.45) is 0 Å². The standard InChI is InChI=1S/C11H21NO2/c1-3-4-5-6-7-8-9-11(14)12-10(2)13/h3-9H2,1-2H3,(H,12,13,14). The second-order valence-electron chi connectivity index (χ2n) is 3.62. The molecule has 0 unspecified atom stereocenters. The smallest absolute Gasteiger partial charge is 0.226 e. The Labute approximate surface area is 86.3 Å². The molecule has 0 aromatic rings. The summed E-state index contributed by atoms with van der Waals surface area (Å²) in [6.45, 7) is 3.54. The Kier molecular flexibility index (Phi) is 8.19. The molecule has 0 radical (unpaired) electrons. The lowest BCUT2D eigenvalue weighted by Gasteiger charge is -2.01. The van der Waals surface area contributed by atoms with Crippen LogP contribution < -0.4 is 5.32 Å². The van der Waals surface area contributed by atoms with Gasteiger partial charge < -0.3 is 0 Å². The summed E-state index contributed by atoms with van der Waals surface area (Å²) in [6, 6.07) is 0. The van der Waals surface area contributed by atoms with Crippen LogP contribution in [-0.2, 0) is 9.59 Å². The van der Waals surface area contributed by atoms with Gasteiger partial charge in [0.15, 0.2) is 0 Å². The van der Waals surface area contributed by atoms with Crippen molar-refractivity contribution in [2.75, 3.05) is 0 Å². The monoisotopic (exact) mass is 199 g/mol. The summed E-state index contributed by atoms with van der Waals surface area (Å²) in [5.41, 5.74) is 0. The van der Waals surface area contributed by atoms with Gasteiger partial charge in [-0.1, -0.05) is 39.0 Å². The average Bonchev–Trinajstić information content (AvgIpc) is 2.10. The molecular formula is C11H21NO2. The molecule has 82 valence electrons. The molecule has 0 fully saturated rings. The quantitative estimate of drug-likeness (QED) is 0.640. The second kappa shape index (κ2) is 8.73. The Hall–Kier alpha value is -0.860. The van der Waals surface area contributed by atoms with E-state index in [9.17, 15) is 9.59 Å². The molecule has 0 bridgehead atoms. The predicted octanol–water partition coefficient (Wildman–Crippen LogP) is 2.40. The zero-order valence-electron chi connectivity index (χ0n) is 9.27. The van der Waals surface area contributed by atoms with E-state index >= 15 is 0 Å². The molecule has 14 heavy (non-hydrogen) atoms. The van der Waals surface area contributed by atoms with Crippen LogP contribution in [0.2, 0.25) is 0 Å². The van der Waals surface area contributed by atoms with Gasteiger partial charge in [0.1, 0.15) is 0 Å². The maximum absolute atomic E-state index is 11.0. The molecule has 0 atom stereocenters. The van der Waals surface area contributed by atoms with Crippen molar-refractivity contribution < 1.29 is 9.59 Å². The van der Waals surface area contributed by atoms with E-state index in [0.29, 0.717) is 6.42 Å². The average molecular weight is 199 g/mol. The van der Waals surface area contributed by atoms with Crippen LogP contribution in [0.3, 0.4) is 0 Å². The van der Waals surface area contributed by atoms with Gasteiger partial charge in [0.25, 0.3) is 0 Å². The summed E-state index contributed by atoms with van der Waals surface area (Å²) in [7, 11) is 0. The Morgan fingerprint density at radius 1 is 1.00 bits per heavy atom. The topological polar surface area (TPSA) is 46.2 Å². The fraction of sp³-hybridized carbons (Fsp3) is 0.818. The molecule has 0 aliphatic rings. The lowest BCUT2D eigenvalue weighted by molar-refractivity contribution is -0.129. The first-order chi connectivity index (χ1) is 6.66. The molecule has 0 aliphatic carbocycles. The maximum atomic E-state index is 11.0. The zero-order valence-corrected chi connectivity index (χ0v) is 9.27. The fourth-order valence-electron chi connectivity index (χ4n) is 1.32. The first-order valence-corrected chi connectivity index (χ1v) is 5.47. The number of nitrogens with one attached hydrogen (secondary N) is 1. The number of hydrogen-bond acceptors (Lipinski definition) is 2. The van der Waals surface area contributed by atoms with E-state index in [-0.39, 0.29) is 11.8 Å². The number of carbonyl (C=O) groups excluding carboxylic acids is 2. The van der Waals surface area contributed by atoms with Crippen molar-refractivity contribution in [1.29, 1.82) is 0 Å². The number of imide groups is 1. The summed E-state index contributed by atoms with van der Waals surface area (Å²) >= 11 is 0. The van der Waals surface area contributed by atoms with Crippen molar-refractivity contribution in [3.63, 3.8) is 0 Å². The first-order valence-electron chi connectivity index (χ1n) is 5.47. The van der Waals surface area contributed by atoms with Crippen LogP contribution in [-0.4, -0.2) is 11.8 Å². The predicted molar refractivity (Wildman–Crippen MR) is 56.8 cm³/mol. The molecule has 0 aliphatic heterocycles. The van der Waals surface area contributed by atoms with Crippen LogP contribution in [0.5, 0.6) is 0 Å². The Balaban J connectivity index is 3.19. The molecule has 2 amide bonds. The van der Waals surface area contributed by atoms with Gasteiger partial charge in [0, 0.05) is 13.3 Å². The van der Waals surface area contributed by atoms with Crippen molar-refractivity contribution in [3.8, 4) is 0 Å². The largest absolute Gasteiger partial charge is 0.297 e. The van der Waals surface area contributed by atoms with E-state index in [1.165, 1.54) is 32.6 Å². The lowest BCUT2D eigenvalue weighted by atomic mass is 10.1. The van der Waals surface area contributed by atoms with Crippen molar-refractivity contribution in [2.45, 2.75) is 58.8 Å². The first kappa shape index (κ1) is 13.1. The van der Waals surface area contributed by atoms with Crippen molar-refractivity contribution in [3.05, 3.63) is 0 Å². The molecule has 0 heterocycles. The van der Waals surface area contributed by atoms with Crippen molar-refractivity contribution >= 4 is 11.8 Å². The molecule has 0 saturated carbocycles. The number of carbonyl (C=O) groups is 2. The van der Waals surface area contributed by atoms with Gasteiger partial charge in [0.05, 0.1) is 0 Å². The van der Waals surface area contributed by atoms with Crippen LogP contribution in [0.15, 0.2) is 0 Å². The van der Waals surface area contributed by atoms with E-state index in [1.54, 1.807) is 0 Å². The summed E-state index contributed by atoms with van der Waals surface area (Å²) < 4.78 is 0. The number of unbranched alkanes of at least 4 members (excludes halogenated alkanes) is 5. The van der Waals surface area contributed by atoms with Gasteiger partial charge in [-0.25, -0.2) is 0 Å². The number of rotatable bonds is 7. The third-order valence-corrected chi connectivity index (χ3v) is 2.07. The van der Waals surface area contributed by atoms with Gasteiger partial charge in [-0.3, -0.25) is 14.9 Å². The van der Waals surface area contributed by atoms with Gasteiger partial charge >= 0.3 is 0 Å². The Morgan fingerprint density at radius 3 is 2.14 bits per heavy atom. The normalized spacial score (nSPS) is 9.86. The minimum atomic E-state index is -0.263. The van der Waals surface area contributed by atoms with Gasteiger partial charge in [-0.15, -0.1) is 0 Å². The molecule has 3 nitrogen and oxygen atoms in total. The molecular weight excluding hydrogens is 178 g/mol. The van der Waals surface area contributed by atoms with Crippen molar-refractivity contribution in [1.82, 2.24) is 5.32 Å². The number of amides is 2. The van der Waals surface area contributed by atoms with Crippen LogP contribution >= 0.6 is 0 Å². The third-order valence-electron chi connectivity index (χ3n) is 2.07. The molecule has 0 spiro atoms. The highest BCUT2D eigenvalue weighted by Gasteiger charge is 2.02. The summed E-state index contributed by atoms with van der Waals surface area (Å²) in [6.07, 6.45) is 7.43. The zero-order chi connectivity index (χ0) is 10.8. The van der Waals surface area contributed by atoms with Gasteiger partial charge in [0.2, 0.25) is 11.8 Å². The SMILES string of the molecule is CCCCCCCCC(=O)NC(C)=O. The van der Waals surface area contributed by atoms with Gasteiger partial charge in [-0.2, -0.15) is 0 Å². The van der Waals surface area contributed by atoms with Crippen LogP contribution in [0, 0.1) is 0 Å². The van der Waals surface area contributed by atoms with E-state index < -0.39 is 0 Å². The minimum Gasteiger partial charge on any atom is -0.297 e.